The molecule has 0 bridgehead atoms. The number of nitrogens with zero attached hydrogens (tertiary/aromatic N) is 2. The van der Waals surface area contributed by atoms with E-state index in [4.69, 9.17) is 14.2 Å². The average Bonchev–Trinajstić information content (AvgIpc) is 3.25. The molecule has 0 N–H and O–H groups in total. The van der Waals surface area contributed by atoms with Crippen molar-refractivity contribution in [3.63, 3.8) is 0 Å². The number of hydrogen-bond acceptors (Lipinski definition) is 8. The van der Waals surface area contributed by atoms with Crippen molar-refractivity contribution in [1.82, 2.24) is 9.80 Å². The number of carbonyl (C=O) groups excluding carboxylic acids is 3. The van der Waals surface area contributed by atoms with Gasteiger partial charge in [-0.1, -0.05) is 182 Å². The highest BCUT2D eigenvalue weighted by atomic mass is 16.5. The first-order chi connectivity index (χ1) is 29.8. The smallest absolute Gasteiger partial charge is 0.306 e. The van der Waals surface area contributed by atoms with Crippen molar-refractivity contribution in [1.29, 1.82) is 0 Å². The highest BCUT2D eigenvalue weighted by Crippen LogP contribution is 2.25. The third kappa shape index (κ3) is 36.4. The highest BCUT2D eigenvalue weighted by Gasteiger charge is 2.17. The number of likely N-dealkylation sites (N-methyl/N-ethyl adjacent to an activating group) is 1. The lowest BCUT2D eigenvalue weighted by Gasteiger charge is -2.32. The Morgan fingerprint density at radius 3 is 1.18 bits per heavy atom. The van der Waals surface area contributed by atoms with Gasteiger partial charge in [-0.3, -0.25) is 14.4 Å². The Morgan fingerprint density at radius 1 is 0.393 bits per heavy atom. The summed E-state index contributed by atoms with van der Waals surface area (Å²) in [6.45, 7) is 16.1. The van der Waals surface area contributed by atoms with Crippen molar-refractivity contribution in [2.24, 2.45) is 17.8 Å². The molecule has 1 fully saturated rings. The van der Waals surface area contributed by atoms with Crippen LogP contribution in [0.1, 0.15) is 246 Å². The predicted octanol–water partition coefficient (Wildman–Crippen LogP) is 14.1. The molecule has 0 aliphatic carbocycles. The van der Waals surface area contributed by atoms with Gasteiger partial charge in [0, 0.05) is 52.0 Å². The summed E-state index contributed by atoms with van der Waals surface area (Å²) in [6.07, 6.45) is 37.7. The summed E-state index contributed by atoms with van der Waals surface area (Å²) in [5.74, 6) is 1.64. The Labute approximate surface area is 378 Å². The van der Waals surface area contributed by atoms with E-state index in [2.05, 4.69) is 44.5 Å². The molecule has 0 saturated carbocycles. The minimum atomic E-state index is -0.0399. The molecular formula is C53H102N2O6. The van der Waals surface area contributed by atoms with Crippen LogP contribution in [0.3, 0.4) is 0 Å². The Balaban J connectivity index is 2.35. The molecule has 0 spiro atoms. The topological polar surface area (TPSA) is 85.4 Å². The molecule has 0 radical (unpaired) electrons. The van der Waals surface area contributed by atoms with E-state index in [1.54, 1.807) is 0 Å². The molecule has 1 saturated heterocycles. The molecule has 0 amide bonds. The maximum atomic E-state index is 13.0. The fraction of sp³-hybridized carbons (Fsp3) is 0.943. The van der Waals surface area contributed by atoms with Crippen LogP contribution in [-0.4, -0.2) is 87.3 Å². The van der Waals surface area contributed by atoms with E-state index >= 15 is 0 Å². The number of piperazine rings is 1. The second kappa shape index (κ2) is 42.3. The summed E-state index contributed by atoms with van der Waals surface area (Å²) in [6, 6.07) is 0. The molecule has 1 aliphatic rings. The monoisotopic (exact) mass is 863 g/mol. The van der Waals surface area contributed by atoms with Crippen LogP contribution < -0.4 is 0 Å². The maximum absolute atomic E-state index is 13.0. The number of unbranched alkanes of at least 4 members (excludes halogenated alkanes) is 16. The van der Waals surface area contributed by atoms with Gasteiger partial charge in [0.05, 0.1) is 19.8 Å². The third-order valence-corrected chi connectivity index (χ3v) is 13.4. The molecule has 0 aromatic rings. The third-order valence-electron chi connectivity index (χ3n) is 13.4. The molecule has 61 heavy (non-hydrogen) atoms. The summed E-state index contributed by atoms with van der Waals surface area (Å²) in [7, 11) is 2.18. The summed E-state index contributed by atoms with van der Waals surface area (Å²) in [5.41, 5.74) is 0. The first-order valence-corrected chi connectivity index (χ1v) is 26.7. The molecule has 0 aromatic heterocycles. The first kappa shape index (κ1) is 57.3. The van der Waals surface area contributed by atoms with Gasteiger partial charge in [-0.05, 0) is 69.7 Å². The zero-order chi connectivity index (χ0) is 44.4. The number of ether oxygens (including phenoxy) is 3. The lowest BCUT2D eigenvalue weighted by molar-refractivity contribution is -0.145. The molecule has 1 aliphatic heterocycles. The molecule has 8 nitrogen and oxygen atoms in total. The maximum Gasteiger partial charge on any atom is 0.306 e. The molecule has 1 heterocycles. The molecule has 1 rings (SSSR count). The van der Waals surface area contributed by atoms with E-state index in [9.17, 15) is 14.4 Å². The van der Waals surface area contributed by atoms with Crippen molar-refractivity contribution in [2.45, 2.75) is 246 Å². The second-order valence-electron chi connectivity index (χ2n) is 19.1. The minimum absolute atomic E-state index is 0.0300. The van der Waals surface area contributed by atoms with E-state index < -0.39 is 0 Å². The van der Waals surface area contributed by atoms with Gasteiger partial charge in [0.25, 0.3) is 0 Å². The summed E-state index contributed by atoms with van der Waals surface area (Å²) >= 11 is 0. The first-order valence-electron chi connectivity index (χ1n) is 26.7. The van der Waals surface area contributed by atoms with Crippen LogP contribution in [0.2, 0.25) is 0 Å². The Hall–Kier alpha value is -1.67. The van der Waals surface area contributed by atoms with Crippen molar-refractivity contribution in [2.75, 3.05) is 59.6 Å². The van der Waals surface area contributed by atoms with Gasteiger partial charge in [-0.25, -0.2) is 0 Å². The SMILES string of the molecule is CCCCCC(CCCCC)CCOC(=O)CCCCCCCC(CCCCCCCC(=O)OCCC(CCCCC)CCCCC)CC(=O)OCCCN1CCN(C)CC1. The zero-order valence-corrected chi connectivity index (χ0v) is 41.3. The van der Waals surface area contributed by atoms with E-state index in [1.807, 2.05) is 0 Å². The van der Waals surface area contributed by atoms with Gasteiger partial charge in [-0.2, -0.15) is 0 Å². The largest absolute Gasteiger partial charge is 0.466 e. The second-order valence-corrected chi connectivity index (χ2v) is 19.1. The average molecular weight is 863 g/mol. The number of esters is 3. The lowest BCUT2D eigenvalue weighted by atomic mass is 9.91. The van der Waals surface area contributed by atoms with Gasteiger partial charge in [-0.15, -0.1) is 0 Å². The van der Waals surface area contributed by atoms with Crippen molar-refractivity contribution in [3.8, 4) is 0 Å². The van der Waals surface area contributed by atoms with Crippen LogP contribution in [0.4, 0.5) is 0 Å². The van der Waals surface area contributed by atoms with E-state index in [0.29, 0.717) is 56.8 Å². The quantitative estimate of drug-likeness (QED) is 0.0340. The van der Waals surface area contributed by atoms with Crippen molar-refractivity contribution < 1.29 is 28.6 Å². The fourth-order valence-corrected chi connectivity index (χ4v) is 9.08. The van der Waals surface area contributed by atoms with Crippen LogP contribution in [0.15, 0.2) is 0 Å². The highest BCUT2D eigenvalue weighted by molar-refractivity contribution is 5.70. The van der Waals surface area contributed by atoms with Crippen LogP contribution >= 0.6 is 0 Å². The number of carbonyl (C=O) groups is 3. The van der Waals surface area contributed by atoms with E-state index in [-0.39, 0.29) is 17.9 Å². The van der Waals surface area contributed by atoms with Crippen molar-refractivity contribution in [3.05, 3.63) is 0 Å². The molecule has 0 atom stereocenters. The van der Waals surface area contributed by atoms with E-state index in [1.165, 1.54) is 103 Å². The van der Waals surface area contributed by atoms with Gasteiger partial charge in [0.1, 0.15) is 0 Å². The van der Waals surface area contributed by atoms with Gasteiger partial charge < -0.3 is 24.0 Å². The normalized spacial score (nSPS) is 13.8. The van der Waals surface area contributed by atoms with Crippen molar-refractivity contribution >= 4 is 17.9 Å². The molecule has 0 unspecified atom stereocenters. The summed E-state index contributed by atoms with van der Waals surface area (Å²) in [5, 5.41) is 0. The van der Waals surface area contributed by atoms with Gasteiger partial charge in [0.2, 0.25) is 0 Å². The molecule has 0 aromatic carbocycles. The van der Waals surface area contributed by atoms with Crippen LogP contribution in [0.5, 0.6) is 0 Å². The van der Waals surface area contributed by atoms with Crippen LogP contribution in [0, 0.1) is 17.8 Å². The summed E-state index contributed by atoms with van der Waals surface area (Å²) < 4.78 is 17.1. The van der Waals surface area contributed by atoms with E-state index in [0.717, 1.165) is 129 Å². The number of hydrogen-bond donors (Lipinski definition) is 0. The predicted molar refractivity (Wildman–Crippen MR) is 257 cm³/mol. The van der Waals surface area contributed by atoms with Crippen LogP contribution in [0.25, 0.3) is 0 Å². The van der Waals surface area contributed by atoms with Gasteiger partial charge >= 0.3 is 17.9 Å². The number of rotatable bonds is 44. The van der Waals surface area contributed by atoms with Gasteiger partial charge in [0.15, 0.2) is 0 Å². The molecular weight excluding hydrogens is 761 g/mol. The standard InChI is InChI=1S/C53H102N2O6/c1-6-10-20-29-48(30-21-11-7-2)37-45-60-51(56)35-26-18-14-16-24-33-50(47-53(58)59-44-28-39-55-42-40-54(5)41-43-55)34-25-17-15-19-27-36-52(57)61-46-38-49(31-22-12-8-3)32-23-13-9-4/h48-50H,6-47H2,1-5H3. The Morgan fingerprint density at radius 2 is 0.754 bits per heavy atom. The Bertz CT molecular complexity index is 925. The molecule has 8 heteroatoms. The summed E-state index contributed by atoms with van der Waals surface area (Å²) in [4.78, 5) is 42.7. The Kier molecular flexibility index (Phi) is 39.8. The van der Waals surface area contributed by atoms with Crippen LogP contribution in [-0.2, 0) is 28.6 Å². The fourth-order valence-electron chi connectivity index (χ4n) is 9.08. The molecule has 360 valence electrons. The zero-order valence-electron chi connectivity index (χ0n) is 41.3. The minimum Gasteiger partial charge on any atom is -0.466 e. The lowest BCUT2D eigenvalue weighted by Crippen LogP contribution is -2.44.